The van der Waals surface area contributed by atoms with E-state index in [0.29, 0.717) is 17.1 Å². The van der Waals surface area contributed by atoms with E-state index in [9.17, 15) is 9.59 Å². The molecule has 1 amide bonds. The van der Waals surface area contributed by atoms with Crippen LogP contribution in [0.2, 0.25) is 5.02 Å². The van der Waals surface area contributed by atoms with Gasteiger partial charge in [0.25, 0.3) is 5.56 Å². The zero-order valence-electron chi connectivity index (χ0n) is 14.2. The van der Waals surface area contributed by atoms with Crippen molar-refractivity contribution < 1.29 is 4.79 Å². The molecular weight excluding hydrogens is 336 g/mol. The number of pyridine rings is 1. The third-order valence-electron chi connectivity index (χ3n) is 4.20. The number of halogens is 1. The molecule has 25 heavy (non-hydrogen) atoms. The highest BCUT2D eigenvalue weighted by Crippen LogP contribution is 2.19. The fraction of sp³-hybridized carbons (Fsp3) is 0.200. The fourth-order valence-electron chi connectivity index (χ4n) is 2.81. The number of nitrogens with one attached hydrogen (secondary N) is 1. The van der Waals surface area contributed by atoms with Crippen molar-refractivity contribution in [3.05, 3.63) is 80.6 Å². The first kappa shape index (κ1) is 17.2. The summed E-state index contributed by atoms with van der Waals surface area (Å²) < 4.78 is 0. The van der Waals surface area contributed by atoms with Gasteiger partial charge in [-0.25, -0.2) is 0 Å². The maximum Gasteiger partial charge on any atom is 0.253 e. The Bertz CT molecular complexity index is 994. The van der Waals surface area contributed by atoms with Crippen molar-refractivity contribution in [2.24, 2.45) is 0 Å². The fourth-order valence-corrected chi connectivity index (χ4v) is 3.00. The second kappa shape index (κ2) is 7.11. The molecule has 4 nitrogen and oxygen atoms in total. The Hall–Kier alpha value is -2.59. The predicted molar refractivity (Wildman–Crippen MR) is 101 cm³/mol. The average molecular weight is 355 g/mol. The number of benzene rings is 2. The summed E-state index contributed by atoms with van der Waals surface area (Å²) in [5.41, 5.74) is 3.14. The molecule has 3 rings (SSSR count). The molecule has 0 atom stereocenters. The monoisotopic (exact) mass is 354 g/mol. The van der Waals surface area contributed by atoms with Gasteiger partial charge < -0.3 is 9.88 Å². The summed E-state index contributed by atoms with van der Waals surface area (Å²) in [6.07, 6.45) is 0. The number of amides is 1. The average Bonchev–Trinajstić information content (AvgIpc) is 2.57. The number of hydrogen-bond acceptors (Lipinski definition) is 2. The second-order valence-electron chi connectivity index (χ2n) is 6.18. The zero-order chi connectivity index (χ0) is 18.0. The van der Waals surface area contributed by atoms with Gasteiger partial charge in [0.2, 0.25) is 5.91 Å². The summed E-state index contributed by atoms with van der Waals surface area (Å²) in [5.74, 6) is -0.108. The molecule has 0 radical (unpaired) electrons. The van der Waals surface area contributed by atoms with Crippen molar-refractivity contribution in [1.82, 2.24) is 9.88 Å². The van der Waals surface area contributed by atoms with E-state index in [1.807, 2.05) is 49.4 Å². The number of hydrogen-bond donors (Lipinski definition) is 1. The van der Waals surface area contributed by atoms with Crippen molar-refractivity contribution in [1.29, 1.82) is 0 Å². The number of rotatable bonds is 4. The second-order valence-corrected chi connectivity index (χ2v) is 6.59. The lowest BCUT2D eigenvalue weighted by molar-refractivity contribution is -0.130. The van der Waals surface area contributed by atoms with Gasteiger partial charge >= 0.3 is 0 Å². The largest absolute Gasteiger partial charge is 0.334 e. The van der Waals surface area contributed by atoms with Gasteiger partial charge in [0.05, 0.1) is 6.54 Å². The number of carbonyl (C=O) groups excluding carboxylic acids is 1. The molecule has 0 unspecified atom stereocenters. The first-order valence-electron chi connectivity index (χ1n) is 8.05. The molecule has 0 saturated heterocycles. The Labute approximate surface area is 151 Å². The standard InChI is InChI=1S/C20H19ClN2O2/c1-13-7-8-19-16(9-13)10-17(20(25)22-19)12-23(14(2)24)11-15-5-3-4-6-18(15)21/h3-10H,11-12H2,1-2H3,(H,22,25). The number of carbonyl (C=O) groups is 1. The summed E-state index contributed by atoms with van der Waals surface area (Å²) in [4.78, 5) is 28.9. The SMILES string of the molecule is CC(=O)N(Cc1ccccc1Cl)Cc1cc2cc(C)ccc2[nH]c1=O. The maximum absolute atomic E-state index is 12.4. The highest BCUT2D eigenvalue weighted by molar-refractivity contribution is 6.31. The van der Waals surface area contributed by atoms with Gasteiger partial charge in [-0.2, -0.15) is 0 Å². The van der Waals surface area contributed by atoms with E-state index in [4.69, 9.17) is 11.6 Å². The highest BCUT2D eigenvalue weighted by atomic mass is 35.5. The highest BCUT2D eigenvalue weighted by Gasteiger charge is 2.14. The van der Waals surface area contributed by atoms with Gasteiger partial charge in [-0.3, -0.25) is 9.59 Å². The normalized spacial score (nSPS) is 10.8. The summed E-state index contributed by atoms with van der Waals surface area (Å²) >= 11 is 6.20. The summed E-state index contributed by atoms with van der Waals surface area (Å²) in [7, 11) is 0. The van der Waals surface area contributed by atoms with Gasteiger partial charge in [0, 0.05) is 29.6 Å². The van der Waals surface area contributed by atoms with E-state index in [1.54, 1.807) is 11.0 Å². The molecule has 1 N–H and O–H groups in total. The molecule has 0 saturated carbocycles. The molecule has 0 aliphatic rings. The lowest BCUT2D eigenvalue weighted by atomic mass is 10.1. The van der Waals surface area contributed by atoms with Crippen LogP contribution in [0.4, 0.5) is 0 Å². The van der Waals surface area contributed by atoms with Gasteiger partial charge in [-0.15, -0.1) is 0 Å². The number of H-pyrrole nitrogens is 1. The molecule has 3 aromatic rings. The van der Waals surface area contributed by atoms with E-state index >= 15 is 0 Å². The Kier molecular flexibility index (Phi) is 4.91. The molecular formula is C20H19ClN2O2. The first-order valence-corrected chi connectivity index (χ1v) is 8.43. The minimum atomic E-state index is -0.179. The molecule has 1 aromatic heterocycles. The number of aromatic nitrogens is 1. The molecule has 128 valence electrons. The Balaban J connectivity index is 1.93. The van der Waals surface area contributed by atoms with Crippen molar-refractivity contribution in [3.63, 3.8) is 0 Å². The summed E-state index contributed by atoms with van der Waals surface area (Å²) in [6, 6.07) is 15.1. The Morgan fingerprint density at radius 2 is 1.80 bits per heavy atom. The molecule has 5 heteroatoms. The minimum absolute atomic E-state index is 0.108. The third kappa shape index (κ3) is 3.91. The maximum atomic E-state index is 12.4. The van der Waals surface area contributed by atoms with E-state index in [1.165, 1.54) is 6.92 Å². The Morgan fingerprint density at radius 1 is 1.08 bits per heavy atom. The van der Waals surface area contributed by atoms with E-state index in [0.717, 1.165) is 22.0 Å². The number of nitrogens with zero attached hydrogens (tertiary/aromatic N) is 1. The van der Waals surface area contributed by atoms with Crippen LogP contribution in [-0.2, 0) is 17.9 Å². The van der Waals surface area contributed by atoms with Crippen LogP contribution in [0.25, 0.3) is 10.9 Å². The van der Waals surface area contributed by atoms with Gasteiger partial charge in [-0.05, 0) is 42.1 Å². The molecule has 0 spiro atoms. The molecule has 0 aliphatic heterocycles. The number of aryl methyl sites for hydroxylation is 1. The van der Waals surface area contributed by atoms with Gasteiger partial charge in [0.1, 0.15) is 0 Å². The number of aromatic amines is 1. The van der Waals surface area contributed by atoms with Crippen LogP contribution in [0.1, 0.15) is 23.6 Å². The van der Waals surface area contributed by atoms with Crippen LogP contribution >= 0.6 is 11.6 Å². The predicted octanol–water partition coefficient (Wildman–Crippen LogP) is 4.04. The summed E-state index contributed by atoms with van der Waals surface area (Å²) in [6.45, 7) is 4.10. The van der Waals surface area contributed by atoms with E-state index < -0.39 is 0 Å². The van der Waals surface area contributed by atoms with Crippen LogP contribution in [-0.4, -0.2) is 15.8 Å². The lowest BCUT2D eigenvalue weighted by Crippen LogP contribution is -2.30. The van der Waals surface area contributed by atoms with Gasteiger partial charge in [-0.1, -0.05) is 41.4 Å². The van der Waals surface area contributed by atoms with Gasteiger partial charge in [0.15, 0.2) is 0 Å². The van der Waals surface area contributed by atoms with E-state index in [2.05, 4.69) is 4.98 Å². The first-order chi connectivity index (χ1) is 11.9. The Morgan fingerprint density at radius 3 is 2.52 bits per heavy atom. The third-order valence-corrected chi connectivity index (χ3v) is 4.57. The van der Waals surface area contributed by atoms with Crippen molar-refractivity contribution >= 4 is 28.4 Å². The summed E-state index contributed by atoms with van der Waals surface area (Å²) in [5, 5.41) is 1.56. The molecule has 2 aromatic carbocycles. The van der Waals surface area contributed by atoms with E-state index in [-0.39, 0.29) is 18.0 Å². The van der Waals surface area contributed by atoms with Crippen LogP contribution in [0.15, 0.2) is 53.3 Å². The molecule has 0 fully saturated rings. The molecule has 1 heterocycles. The quantitative estimate of drug-likeness (QED) is 0.768. The van der Waals surface area contributed by atoms with Crippen molar-refractivity contribution in [3.8, 4) is 0 Å². The molecule has 0 bridgehead atoms. The van der Waals surface area contributed by atoms with Crippen LogP contribution < -0.4 is 5.56 Å². The van der Waals surface area contributed by atoms with Crippen LogP contribution in [0, 0.1) is 6.92 Å². The minimum Gasteiger partial charge on any atom is -0.334 e. The van der Waals surface area contributed by atoms with Crippen LogP contribution in [0.3, 0.4) is 0 Å². The molecule has 0 aliphatic carbocycles. The number of fused-ring (bicyclic) bond motifs is 1. The zero-order valence-corrected chi connectivity index (χ0v) is 14.9. The topological polar surface area (TPSA) is 53.2 Å². The van der Waals surface area contributed by atoms with Crippen LogP contribution in [0.5, 0.6) is 0 Å². The van der Waals surface area contributed by atoms with Crippen molar-refractivity contribution in [2.75, 3.05) is 0 Å². The van der Waals surface area contributed by atoms with Crippen molar-refractivity contribution in [2.45, 2.75) is 26.9 Å². The smallest absolute Gasteiger partial charge is 0.253 e. The lowest BCUT2D eigenvalue weighted by Gasteiger charge is -2.21.